The molecular formula is C19H19NO4. The van der Waals surface area contributed by atoms with Crippen LogP contribution in [-0.2, 0) is 9.53 Å². The Hall–Kier alpha value is -2.95. The van der Waals surface area contributed by atoms with Crippen LogP contribution in [0.4, 0.5) is 0 Å². The summed E-state index contributed by atoms with van der Waals surface area (Å²) >= 11 is 0. The van der Waals surface area contributed by atoms with Gasteiger partial charge in [-0.15, -0.1) is 0 Å². The number of esters is 1. The van der Waals surface area contributed by atoms with Gasteiger partial charge in [0, 0.05) is 25.2 Å². The van der Waals surface area contributed by atoms with E-state index in [-0.39, 0.29) is 17.3 Å². The average Bonchev–Trinajstić information content (AvgIpc) is 2.61. The molecule has 2 rings (SSSR count). The first-order valence-electron chi connectivity index (χ1n) is 7.52. The maximum atomic E-state index is 12.3. The van der Waals surface area contributed by atoms with Gasteiger partial charge in [0.15, 0.2) is 11.9 Å². The topological polar surface area (TPSA) is 63.7 Å². The molecule has 0 radical (unpaired) electrons. The molecule has 24 heavy (non-hydrogen) atoms. The lowest BCUT2D eigenvalue weighted by Crippen LogP contribution is -2.34. The first-order valence-corrected chi connectivity index (χ1v) is 7.52. The Morgan fingerprint density at radius 3 is 1.88 bits per heavy atom. The zero-order valence-electron chi connectivity index (χ0n) is 13.9. The monoisotopic (exact) mass is 325 g/mol. The molecule has 0 fully saturated rings. The third-order valence-corrected chi connectivity index (χ3v) is 3.49. The van der Waals surface area contributed by atoms with Crippen LogP contribution in [0.15, 0.2) is 54.6 Å². The first-order chi connectivity index (χ1) is 11.4. The summed E-state index contributed by atoms with van der Waals surface area (Å²) in [6.07, 6.45) is -0.863. The molecule has 5 nitrogen and oxygen atoms in total. The zero-order valence-corrected chi connectivity index (χ0v) is 13.9. The van der Waals surface area contributed by atoms with Crippen molar-refractivity contribution < 1.29 is 19.1 Å². The maximum absolute atomic E-state index is 12.3. The van der Waals surface area contributed by atoms with Crippen molar-refractivity contribution in [1.82, 2.24) is 4.90 Å². The molecule has 0 heterocycles. The van der Waals surface area contributed by atoms with Crippen molar-refractivity contribution in [2.24, 2.45) is 0 Å². The summed E-state index contributed by atoms with van der Waals surface area (Å²) < 4.78 is 5.13. The second kappa shape index (κ2) is 7.55. The smallest absolute Gasteiger partial charge is 0.338 e. The first kappa shape index (κ1) is 17.4. The number of ether oxygens (including phenoxy) is 1. The lowest BCUT2D eigenvalue weighted by atomic mass is 10.0. The minimum Gasteiger partial charge on any atom is -0.449 e. The van der Waals surface area contributed by atoms with Gasteiger partial charge in [-0.05, 0) is 19.1 Å². The van der Waals surface area contributed by atoms with Crippen LogP contribution in [0.3, 0.4) is 0 Å². The normalized spacial score (nSPS) is 11.5. The van der Waals surface area contributed by atoms with Gasteiger partial charge in [0.25, 0.3) is 5.91 Å². The molecule has 0 aliphatic carbocycles. The zero-order chi connectivity index (χ0) is 17.7. The Kier molecular flexibility index (Phi) is 5.47. The predicted molar refractivity (Wildman–Crippen MR) is 89.9 cm³/mol. The highest BCUT2D eigenvalue weighted by Crippen LogP contribution is 2.12. The van der Waals surface area contributed by atoms with Gasteiger partial charge >= 0.3 is 5.97 Å². The largest absolute Gasteiger partial charge is 0.449 e. The van der Waals surface area contributed by atoms with E-state index in [9.17, 15) is 14.4 Å². The van der Waals surface area contributed by atoms with Gasteiger partial charge in [0.1, 0.15) is 0 Å². The van der Waals surface area contributed by atoms with Gasteiger partial charge in [-0.2, -0.15) is 0 Å². The van der Waals surface area contributed by atoms with E-state index in [0.717, 1.165) is 0 Å². The fraction of sp³-hybridized carbons (Fsp3) is 0.211. The summed E-state index contributed by atoms with van der Waals surface area (Å²) in [6, 6.07) is 15.1. The molecule has 0 aliphatic heterocycles. The third kappa shape index (κ3) is 4.07. The number of carbonyl (C=O) groups is 3. The number of likely N-dealkylation sites (N-methyl/N-ethyl adjacent to an activating group) is 1. The van der Waals surface area contributed by atoms with Gasteiger partial charge < -0.3 is 9.64 Å². The molecule has 0 spiro atoms. The number of rotatable bonds is 5. The fourth-order valence-electron chi connectivity index (χ4n) is 2.16. The molecule has 2 aromatic rings. The Labute approximate surface area is 140 Å². The molecule has 1 amide bonds. The van der Waals surface area contributed by atoms with Gasteiger partial charge in [-0.1, -0.05) is 42.5 Å². The van der Waals surface area contributed by atoms with Gasteiger partial charge in [-0.25, -0.2) is 4.79 Å². The van der Waals surface area contributed by atoms with Crippen molar-refractivity contribution in [3.05, 3.63) is 71.3 Å². The number of carbonyl (C=O) groups excluding carboxylic acids is 3. The number of nitrogens with zero attached hydrogens (tertiary/aromatic N) is 1. The Balaban J connectivity index is 2.08. The summed E-state index contributed by atoms with van der Waals surface area (Å²) in [5.41, 5.74) is 1.35. The van der Waals surface area contributed by atoms with E-state index < -0.39 is 12.1 Å². The second-order valence-corrected chi connectivity index (χ2v) is 5.55. The molecule has 0 unspecified atom stereocenters. The van der Waals surface area contributed by atoms with Crippen molar-refractivity contribution >= 4 is 17.7 Å². The third-order valence-electron chi connectivity index (χ3n) is 3.49. The van der Waals surface area contributed by atoms with Crippen LogP contribution < -0.4 is 0 Å². The molecule has 1 atom stereocenters. The molecule has 0 aromatic heterocycles. The second-order valence-electron chi connectivity index (χ2n) is 5.55. The van der Waals surface area contributed by atoms with Gasteiger partial charge in [0.2, 0.25) is 0 Å². The summed E-state index contributed by atoms with van der Waals surface area (Å²) in [6.45, 7) is 1.52. The fourth-order valence-corrected chi connectivity index (χ4v) is 2.16. The number of benzene rings is 2. The van der Waals surface area contributed by atoms with E-state index in [1.165, 1.54) is 24.0 Å². The van der Waals surface area contributed by atoms with E-state index in [4.69, 9.17) is 4.74 Å². The van der Waals surface area contributed by atoms with Crippen LogP contribution >= 0.6 is 0 Å². The summed E-state index contributed by atoms with van der Waals surface area (Å²) in [7, 11) is 3.19. The maximum Gasteiger partial charge on any atom is 0.338 e. The van der Waals surface area contributed by atoms with Gasteiger partial charge in [-0.3, -0.25) is 9.59 Å². The van der Waals surface area contributed by atoms with E-state index in [1.54, 1.807) is 50.5 Å². The number of amides is 1. The minimum absolute atomic E-state index is 0.119. The lowest BCUT2D eigenvalue weighted by molar-refractivity contribution is -0.137. The molecule has 0 saturated carbocycles. The SMILES string of the molecule is C[C@@H](OC(=O)c1ccc(C(=O)c2ccccc2)cc1)C(=O)N(C)C. The number of hydrogen-bond donors (Lipinski definition) is 0. The lowest BCUT2D eigenvalue weighted by Gasteiger charge is -2.17. The number of hydrogen-bond acceptors (Lipinski definition) is 4. The molecule has 5 heteroatoms. The van der Waals surface area contributed by atoms with Crippen molar-refractivity contribution in [2.45, 2.75) is 13.0 Å². The Morgan fingerprint density at radius 1 is 0.833 bits per heavy atom. The van der Waals surface area contributed by atoms with Crippen molar-refractivity contribution in [3.63, 3.8) is 0 Å². The van der Waals surface area contributed by atoms with Crippen LogP contribution in [0, 0.1) is 0 Å². The van der Waals surface area contributed by atoms with E-state index in [2.05, 4.69) is 0 Å². The predicted octanol–water partition coefficient (Wildman–Crippen LogP) is 2.55. The standard InChI is InChI=1S/C19H19NO4/c1-13(18(22)20(2)3)24-19(23)16-11-9-15(10-12-16)17(21)14-7-5-4-6-8-14/h4-13H,1-3H3/t13-/m1/s1. The van der Waals surface area contributed by atoms with E-state index in [0.29, 0.717) is 11.1 Å². The van der Waals surface area contributed by atoms with E-state index >= 15 is 0 Å². The van der Waals surface area contributed by atoms with Crippen molar-refractivity contribution in [3.8, 4) is 0 Å². The Morgan fingerprint density at radius 2 is 1.33 bits per heavy atom. The summed E-state index contributed by atoms with van der Waals surface area (Å²) in [5, 5.41) is 0. The molecule has 124 valence electrons. The van der Waals surface area contributed by atoms with Crippen LogP contribution in [0.5, 0.6) is 0 Å². The molecule has 0 saturated heterocycles. The minimum atomic E-state index is -0.863. The summed E-state index contributed by atoms with van der Waals surface area (Å²) in [5.74, 6) is -1.01. The van der Waals surface area contributed by atoms with Crippen LogP contribution in [0.2, 0.25) is 0 Å². The average molecular weight is 325 g/mol. The van der Waals surface area contributed by atoms with Gasteiger partial charge in [0.05, 0.1) is 5.56 Å². The summed E-state index contributed by atoms with van der Waals surface area (Å²) in [4.78, 5) is 37.4. The quantitative estimate of drug-likeness (QED) is 0.626. The molecule has 2 aromatic carbocycles. The highest BCUT2D eigenvalue weighted by molar-refractivity contribution is 6.09. The van der Waals surface area contributed by atoms with Crippen LogP contribution in [0.25, 0.3) is 0 Å². The highest BCUT2D eigenvalue weighted by Gasteiger charge is 2.20. The highest BCUT2D eigenvalue weighted by atomic mass is 16.5. The molecule has 0 N–H and O–H groups in total. The van der Waals surface area contributed by atoms with Crippen molar-refractivity contribution in [1.29, 1.82) is 0 Å². The molecular weight excluding hydrogens is 306 g/mol. The molecule has 0 aliphatic rings. The van der Waals surface area contributed by atoms with Crippen LogP contribution in [0.1, 0.15) is 33.2 Å². The van der Waals surface area contributed by atoms with Crippen LogP contribution in [-0.4, -0.2) is 42.8 Å². The van der Waals surface area contributed by atoms with Crippen molar-refractivity contribution in [2.75, 3.05) is 14.1 Å². The number of ketones is 1. The van der Waals surface area contributed by atoms with E-state index in [1.807, 2.05) is 6.07 Å². The Bertz CT molecular complexity index is 736. The molecule has 0 bridgehead atoms.